The van der Waals surface area contributed by atoms with Crippen LogP contribution in [0.4, 0.5) is 14.5 Å². The van der Waals surface area contributed by atoms with Crippen LogP contribution in [-0.2, 0) is 26.2 Å². The van der Waals surface area contributed by atoms with Crippen LogP contribution in [0.5, 0.6) is 0 Å². The number of fused-ring (bicyclic) bond motifs is 1. The Labute approximate surface area is 193 Å². The molecule has 0 aromatic heterocycles. The largest absolute Gasteiger partial charge is 0.350 e. The van der Waals surface area contributed by atoms with E-state index in [1.165, 1.54) is 41.3 Å². The SMILES string of the molecule is O=C(NCc1cccc(Cl)c1F)[C@@H]1C[C@@H](F)CN1C(=O)CN1C=NS(=O)(=O)c2ccccc21. The van der Waals surface area contributed by atoms with Gasteiger partial charge in [-0.25, -0.2) is 8.78 Å². The first-order valence-corrected chi connectivity index (χ1v) is 11.8. The average Bonchev–Trinajstić information content (AvgIpc) is 3.19. The second-order valence-corrected chi connectivity index (χ2v) is 9.63. The summed E-state index contributed by atoms with van der Waals surface area (Å²) < 4.78 is 56.0. The van der Waals surface area contributed by atoms with Gasteiger partial charge in [-0.3, -0.25) is 9.59 Å². The molecule has 2 heterocycles. The number of sulfonamides is 1. The molecule has 0 aliphatic carbocycles. The quantitative estimate of drug-likeness (QED) is 0.684. The van der Waals surface area contributed by atoms with Crippen LogP contribution in [0.15, 0.2) is 51.8 Å². The van der Waals surface area contributed by atoms with Crippen molar-refractivity contribution < 1.29 is 26.8 Å². The van der Waals surface area contributed by atoms with Crippen molar-refractivity contribution in [2.24, 2.45) is 4.40 Å². The molecule has 12 heteroatoms. The van der Waals surface area contributed by atoms with E-state index in [9.17, 15) is 26.8 Å². The Morgan fingerprint density at radius 1 is 1.18 bits per heavy atom. The minimum Gasteiger partial charge on any atom is -0.350 e. The molecule has 1 N–H and O–H groups in total. The summed E-state index contributed by atoms with van der Waals surface area (Å²) in [6.07, 6.45) is -0.584. The van der Waals surface area contributed by atoms with Crippen LogP contribution in [0.2, 0.25) is 5.02 Å². The minimum atomic E-state index is -3.86. The summed E-state index contributed by atoms with van der Waals surface area (Å²) >= 11 is 5.74. The van der Waals surface area contributed by atoms with Gasteiger partial charge in [-0.1, -0.05) is 35.9 Å². The van der Waals surface area contributed by atoms with Gasteiger partial charge in [-0.05, 0) is 18.2 Å². The third-order valence-corrected chi connectivity index (χ3v) is 7.01. The lowest BCUT2D eigenvalue weighted by Gasteiger charge is -2.29. The maximum Gasteiger partial charge on any atom is 0.285 e. The van der Waals surface area contributed by atoms with Crippen molar-refractivity contribution in [2.45, 2.75) is 30.1 Å². The third-order valence-electron chi connectivity index (χ3n) is 5.44. The Kier molecular flexibility index (Phi) is 6.35. The van der Waals surface area contributed by atoms with Crippen molar-refractivity contribution in [3.63, 3.8) is 0 Å². The van der Waals surface area contributed by atoms with Gasteiger partial charge in [-0.2, -0.15) is 8.42 Å². The van der Waals surface area contributed by atoms with E-state index in [-0.39, 0.29) is 47.2 Å². The number of anilines is 1. The van der Waals surface area contributed by atoms with E-state index in [0.29, 0.717) is 0 Å². The van der Waals surface area contributed by atoms with E-state index >= 15 is 0 Å². The molecular weight excluding hydrogens is 478 g/mol. The second-order valence-electron chi connectivity index (χ2n) is 7.62. The lowest BCUT2D eigenvalue weighted by atomic mass is 10.1. The second kappa shape index (κ2) is 9.06. The van der Waals surface area contributed by atoms with Crippen LogP contribution in [0.25, 0.3) is 0 Å². The number of likely N-dealkylation sites (tertiary alicyclic amines) is 1. The molecule has 1 saturated heterocycles. The molecule has 0 radical (unpaired) electrons. The normalized spacial score (nSPS) is 21.1. The van der Waals surface area contributed by atoms with E-state index in [1.54, 1.807) is 6.07 Å². The van der Waals surface area contributed by atoms with Crippen molar-refractivity contribution in [3.8, 4) is 0 Å². The number of amides is 2. The summed E-state index contributed by atoms with van der Waals surface area (Å²) in [6, 6.07) is 9.33. The molecule has 4 rings (SSSR count). The highest BCUT2D eigenvalue weighted by atomic mass is 35.5. The molecule has 8 nitrogen and oxygen atoms in total. The van der Waals surface area contributed by atoms with Crippen molar-refractivity contribution in [3.05, 3.63) is 58.9 Å². The topological polar surface area (TPSA) is 99.2 Å². The molecule has 174 valence electrons. The van der Waals surface area contributed by atoms with Crippen LogP contribution in [-0.4, -0.2) is 56.8 Å². The number of alkyl halides is 1. The van der Waals surface area contributed by atoms with E-state index in [1.807, 2.05) is 0 Å². The monoisotopic (exact) mass is 496 g/mol. The van der Waals surface area contributed by atoms with Gasteiger partial charge in [0.1, 0.15) is 35.8 Å². The Morgan fingerprint density at radius 2 is 1.94 bits per heavy atom. The molecular formula is C21H19ClF2N4O4S. The lowest BCUT2D eigenvalue weighted by molar-refractivity contribution is -0.137. The van der Waals surface area contributed by atoms with Gasteiger partial charge in [0.05, 0.1) is 17.3 Å². The Hall–Kier alpha value is -3.05. The molecule has 2 aromatic rings. The van der Waals surface area contributed by atoms with Gasteiger partial charge in [0.25, 0.3) is 10.0 Å². The summed E-state index contributed by atoms with van der Waals surface area (Å²) in [7, 11) is -3.86. The summed E-state index contributed by atoms with van der Waals surface area (Å²) in [4.78, 5) is 28.1. The summed E-state index contributed by atoms with van der Waals surface area (Å²) in [5.41, 5.74) is 0.417. The number of rotatable bonds is 5. The Morgan fingerprint density at radius 3 is 2.73 bits per heavy atom. The fourth-order valence-corrected chi connectivity index (χ4v) is 5.05. The fourth-order valence-electron chi connectivity index (χ4n) is 3.81. The lowest BCUT2D eigenvalue weighted by Crippen LogP contribution is -2.49. The summed E-state index contributed by atoms with van der Waals surface area (Å²) in [5, 5.41) is 2.44. The van der Waals surface area contributed by atoms with Crippen molar-refractivity contribution in [1.29, 1.82) is 0 Å². The van der Waals surface area contributed by atoms with Gasteiger partial charge in [0.15, 0.2) is 0 Å². The standard InChI is InChI=1S/C21H19ClF2N4O4S/c22-15-5-3-4-13(20(15)24)9-25-21(30)17-8-14(23)10-28(17)19(29)11-27-12-26-33(31,32)18-7-2-1-6-16(18)27/h1-7,12,14,17H,8-11H2,(H,25,30)/t14-,17+/m1/s1. The molecule has 0 saturated carbocycles. The highest BCUT2D eigenvalue weighted by molar-refractivity contribution is 7.90. The van der Waals surface area contributed by atoms with Crippen LogP contribution in [0.1, 0.15) is 12.0 Å². The van der Waals surface area contributed by atoms with E-state index in [2.05, 4.69) is 9.71 Å². The molecule has 2 aliphatic rings. The average molecular weight is 497 g/mol. The molecule has 2 aliphatic heterocycles. The Bertz CT molecular complexity index is 1240. The molecule has 0 bridgehead atoms. The highest BCUT2D eigenvalue weighted by Gasteiger charge is 2.40. The minimum absolute atomic E-state index is 0.0528. The zero-order valence-electron chi connectivity index (χ0n) is 17.1. The van der Waals surface area contributed by atoms with Crippen LogP contribution in [0, 0.1) is 5.82 Å². The van der Waals surface area contributed by atoms with Gasteiger partial charge in [-0.15, -0.1) is 4.40 Å². The van der Waals surface area contributed by atoms with Crippen molar-refractivity contribution in [2.75, 3.05) is 18.0 Å². The van der Waals surface area contributed by atoms with Crippen LogP contribution in [0.3, 0.4) is 0 Å². The van der Waals surface area contributed by atoms with Gasteiger partial charge in [0.2, 0.25) is 11.8 Å². The number of hydrogen-bond donors (Lipinski definition) is 1. The predicted octanol–water partition coefficient (Wildman–Crippen LogP) is 2.27. The zero-order chi connectivity index (χ0) is 23.8. The van der Waals surface area contributed by atoms with Crippen molar-refractivity contribution >= 4 is 45.5 Å². The Balaban J connectivity index is 1.47. The van der Waals surface area contributed by atoms with E-state index in [0.717, 1.165) is 11.2 Å². The molecule has 0 spiro atoms. The number of carbonyl (C=O) groups is 2. The molecule has 2 amide bonds. The van der Waals surface area contributed by atoms with Crippen LogP contribution >= 0.6 is 11.6 Å². The third kappa shape index (κ3) is 4.69. The first-order valence-electron chi connectivity index (χ1n) is 9.97. The predicted molar refractivity (Wildman–Crippen MR) is 118 cm³/mol. The molecule has 0 unspecified atom stereocenters. The number of hydrogen-bond acceptors (Lipinski definition) is 5. The van der Waals surface area contributed by atoms with Crippen LogP contribution < -0.4 is 10.2 Å². The number of benzene rings is 2. The number of nitrogens with zero attached hydrogens (tertiary/aromatic N) is 3. The molecule has 2 aromatic carbocycles. The summed E-state index contributed by atoms with van der Waals surface area (Å²) in [5.74, 6) is -1.87. The fraction of sp³-hybridized carbons (Fsp3) is 0.286. The van der Waals surface area contributed by atoms with Gasteiger partial charge in [0, 0.05) is 18.5 Å². The van der Waals surface area contributed by atoms with E-state index < -0.39 is 39.9 Å². The summed E-state index contributed by atoms with van der Waals surface area (Å²) in [6.45, 7) is -0.798. The number of para-hydroxylation sites is 1. The highest BCUT2D eigenvalue weighted by Crippen LogP contribution is 2.30. The number of halogens is 3. The maximum absolute atomic E-state index is 14.2. The first-order chi connectivity index (χ1) is 15.7. The number of carbonyl (C=O) groups excluding carboxylic acids is 2. The molecule has 1 fully saturated rings. The number of nitrogens with one attached hydrogen (secondary N) is 1. The first kappa shape index (κ1) is 23.1. The van der Waals surface area contributed by atoms with Gasteiger partial charge < -0.3 is 15.1 Å². The van der Waals surface area contributed by atoms with E-state index in [4.69, 9.17) is 11.6 Å². The molecule has 33 heavy (non-hydrogen) atoms. The maximum atomic E-state index is 14.2. The smallest absolute Gasteiger partial charge is 0.285 e. The van der Waals surface area contributed by atoms with Gasteiger partial charge >= 0.3 is 0 Å². The van der Waals surface area contributed by atoms with Crippen molar-refractivity contribution in [1.82, 2.24) is 10.2 Å². The zero-order valence-corrected chi connectivity index (χ0v) is 18.7. The molecule has 2 atom stereocenters.